The summed E-state index contributed by atoms with van der Waals surface area (Å²) in [6.07, 6.45) is 1.25. The van der Waals surface area contributed by atoms with Gasteiger partial charge in [0.1, 0.15) is 22.2 Å². The molecule has 0 spiro atoms. The molecule has 1 aromatic heterocycles. The second-order valence-corrected chi connectivity index (χ2v) is 10.3. The van der Waals surface area contributed by atoms with Gasteiger partial charge in [-0.2, -0.15) is 0 Å². The molecule has 9 heteroatoms. The third-order valence-electron chi connectivity index (χ3n) is 4.57. The number of ether oxygens (including phenoxy) is 1. The molecule has 0 atom stereocenters. The van der Waals surface area contributed by atoms with Crippen molar-refractivity contribution in [1.82, 2.24) is 14.8 Å². The number of thiazole rings is 1. The normalized spacial score (nSPS) is 15.6. The van der Waals surface area contributed by atoms with Gasteiger partial charge in [0.05, 0.1) is 16.5 Å². The van der Waals surface area contributed by atoms with E-state index in [1.807, 2.05) is 24.4 Å². The van der Waals surface area contributed by atoms with E-state index < -0.39 is 9.84 Å². The second kappa shape index (κ2) is 9.02. The van der Waals surface area contributed by atoms with Gasteiger partial charge in [-0.15, -0.1) is 11.3 Å². The molecule has 1 saturated heterocycles. The average molecular weight is 424 g/mol. The van der Waals surface area contributed by atoms with Gasteiger partial charge in [0.2, 0.25) is 0 Å². The number of piperazine rings is 1. The van der Waals surface area contributed by atoms with E-state index >= 15 is 0 Å². The van der Waals surface area contributed by atoms with Crippen LogP contribution in [0.4, 0.5) is 0 Å². The number of rotatable bonds is 7. The minimum atomic E-state index is -2.97. The van der Waals surface area contributed by atoms with Gasteiger partial charge in [0, 0.05) is 49.9 Å². The van der Waals surface area contributed by atoms with Gasteiger partial charge in [-0.1, -0.05) is 6.07 Å². The van der Waals surface area contributed by atoms with Crippen molar-refractivity contribution in [2.45, 2.75) is 13.5 Å². The van der Waals surface area contributed by atoms with Gasteiger partial charge < -0.3 is 9.64 Å². The van der Waals surface area contributed by atoms with Crippen molar-refractivity contribution in [2.24, 2.45) is 0 Å². The molecule has 0 aliphatic carbocycles. The Balaban J connectivity index is 1.53. The molecule has 1 aliphatic rings. The Bertz CT molecular complexity index is 919. The predicted molar refractivity (Wildman–Crippen MR) is 110 cm³/mol. The monoisotopic (exact) mass is 423 g/mol. The van der Waals surface area contributed by atoms with Crippen molar-refractivity contribution in [3.05, 3.63) is 45.9 Å². The SMILES string of the molecule is Cc1nc(COc2cccc(C(=O)N3CCN(CCS(C)(=O)=O)CC3)c2)cs1. The number of carbonyl (C=O) groups is 1. The number of sulfone groups is 1. The van der Waals surface area contributed by atoms with E-state index in [2.05, 4.69) is 9.88 Å². The van der Waals surface area contributed by atoms with Crippen LogP contribution in [-0.4, -0.2) is 73.8 Å². The van der Waals surface area contributed by atoms with Crippen molar-refractivity contribution in [3.8, 4) is 5.75 Å². The Kier molecular flexibility index (Phi) is 6.69. The molecular formula is C19H25N3O4S2. The quantitative estimate of drug-likeness (QED) is 0.676. The van der Waals surface area contributed by atoms with Crippen molar-refractivity contribution in [2.75, 3.05) is 44.7 Å². The molecule has 0 radical (unpaired) electrons. The van der Waals surface area contributed by atoms with Gasteiger partial charge in [-0.05, 0) is 25.1 Å². The Morgan fingerprint density at radius 2 is 2.00 bits per heavy atom. The van der Waals surface area contributed by atoms with E-state index in [4.69, 9.17) is 4.74 Å². The highest BCUT2D eigenvalue weighted by Crippen LogP contribution is 2.18. The first-order valence-electron chi connectivity index (χ1n) is 9.13. The zero-order chi connectivity index (χ0) is 20.1. The van der Waals surface area contributed by atoms with Crippen LogP contribution in [0.25, 0.3) is 0 Å². The Labute approximate surface area is 169 Å². The van der Waals surface area contributed by atoms with E-state index in [9.17, 15) is 13.2 Å². The largest absolute Gasteiger partial charge is 0.487 e. The van der Waals surface area contributed by atoms with Gasteiger partial charge in [-0.25, -0.2) is 13.4 Å². The van der Waals surface area contributed by atoms with Crippen LogP contribution in [0.5, 0.6) is 5.75 Å². The van der Waals surface area contributed by atoms with Crippen LogP contribution in [0, 0.1) is 6.92 Å². The number of nitrogens with zero attached hydrogens (tertiary/aromatic N) is 3. The maximum atomic E-state index is 12.8. The highest BCUT2D eigenvalue weighted by Gasteiger charge is 2.23. The van der Waals surface area contributed by atoms with Crippen molar-refractivity contribution in [1.29, 1.82) is 0 Å². The first-order chi connectivity index (χ1) is 13.3. The molecule has 2 aromatic rings. The number of benzene rings is 1. The molecule has 0 bridgehead atoms. The van der Waals surface area contributed by atoms with Crippen LogP contribution < -0.4 is 4.74 Å². The molecular weight excluding hydrogens is 398 g/mol. The molecule has 28 heavy (non-hydrogen) atoms. The highest BCUT2D eigenvalue weighted by atomic mass is 32.2. The zero-order valence-electron chi connectivity index (χ0n) is 16.1. The summed E-state index contributed by atoms with van der Waals surface area (Å²) in [5.74, 6) is 0.764. The Morgan fingerprint density at radius 1 is 1.25 bits per heavy atom. The lowest BCUT2D eigenvalue weighted by Crippen LogP contribution is -2.49. The summed E-state index contributed by atoms with van der Waals surface area (Å²) < 4.78 is 28.4. The third-order valence-corrected chi connectivity index (χ3v) is 6.32. The fourth-order valence-electron chi connectivity index (χ4n) is 3.00. The topological polar surface area (TPSA) is 79.8 Å². The van der Waals surface area contributed by atoms with Crippen LogP contribution in [-0.2, 0) is 16.4 Å². The van der Waals surface area contributed by atoms with E-state index in [0.717, 1.165) is 10.7 Å². The molecule has 0 saturated carbocycles. The maximum absolute atomic E-state index is 12.8. The molecule has 1 aliphatic heterocycles. The second-order valence-electron chi connectivity index (χ2n) is 6.94. The maximum Gasteiger partial charge on any atom is 0.254 e. The first-order valence-corrected chi connectivity index (χ1v) is 12.1. The average Bonchev–Trinajstić information content (AvgIpc) is 3.09. The van der Waals surface area contributed by atoms with Gasteiger partial charge in [-0.3, -0.25) is 9.69 Å². The van der Waals surface area contributed by atoms with E-state index in [1.54, 1.807) is 28.4 Å². The van der Waals surface area contributed by atoms with Crippen LogP contribution in [0.2, 0.25) is 0 Å². The zero-order valence-corrected chi connectivity index (χ0v) is 17.8. The summed E-state index contributed by atoms with van der Waals surface area (Å²) in [7, 11) is -2.97. The number of hydrogen-bond acceptors (Lipinski definition) is 7. The standard InChI is InChI=1S/C19H25N3O4S2/c1-15-20-17(14-27-15)13-26-18-5-3-4-16(12-18)19(23)22-8-6-21(7-9-22)10-11-28(2,24)25/h3-5,12,14H,6-11,13H2,1-2H3. The first kappa shape index (κ1) is 20.8. The number of amides is 1. The minimum Gasteiger partial charge on any atom is -0.487 e. The van der Waals surface area contributed by atoms with Crippen molar-refractivity contribution < 1.29 is 17.9 Å². The fourth-order valence-corrected chi connectivity index (χ4v) is 4.19. The minimum absolute atomic E-state index is 0.0299. The number of carbonyl (C=O) groups excluding carboxylic acids is 1. The predicted octanol–water partition coefficient (Wildman–Crippen LogP) is 1.83. The smallest absolute Gasteiger partial charge is 0.254 e. The van der Waals surface area contributed by atoms with Crippen molar-refractivity contribution in [3.63, 3.8) is 0 Å². The highest BCUT2D eigenvalue weighted by molar-refractivity contribution is 7.90. The molecule has 1 fully saturated rings. The summed E-state index contributed by atoms with van der Waals surface area (Å²) in [5, 5.41) is 2.96. The van der Waals surface area contributed by atoms with E-state index in [-0.39, 0.29) is 11.7 Å². The molecule has 152 valence electrons. The van der Waals surface area contributed by atoms with Gasteiger partial charge in [0.15, 0.2) is 0 Å². The molecule has 0 N–H and O–H groups in total. The Morgan fingerprint density at radius 3 is 2.64 bits per heavy atom. The van der Waals surface area contributed by atoms with Crippen LogP contribution in [0.3, 0.4) is 0 Å². The third kappa shape index (κ3) is 6.02. The van der Waals surface area contributed by atoms with Crippen LogP contribution in [0.1, 0.15) is 21.1 Å². The van der Waals surface area contributed by atoms with E-state index in [0.29, 0.717) is 50.6 Å². The van der Waals surface area contributed by atoms with Gasteiger partial charge in [0.25, 0.3) is 5.91 Å². The molecule has 1 amide bonds. The summed E-state index contributed by atoms with van der Waals surface area (Å²) >= 11 is 1.58. The molecule has 1 aromatic carbocycles. The lowest BCUT2D eigenvalue weighted by molar-refractivity contribution is 0.0643. The summed E-state index contributed by atoms with van der Waals surface area (Å²) in [6, 6.07) is 7.20. The summed E-state index contributed by atoms with van der Waals surface area (Å²) in [4.78, 5) is 21.1. The van der Waals surface area contributed by atoms with Crippen LogP contribution in [0.15, 0.2) is 29.6 Å². The fraction of sp³-hybridized carbons (Fsp3) is 0.474. The summed E-state index contributed by atoms with van der Waals surface area (Å²) in [5.41, 5.74) is 1.47. The van der Waals surface area contributed by atoms with Gasteiger partial charge >= 0.3 is 0 Å². The lowest BCUT2D eigenvalue weighted by atomic mass is 10.1. The Hall–Kier alpha value is -1.97. The van der Waals surface area contributed by atoms with Crippen LogP contribution >= 0.6 is 11.3 Å². The molecule has 2 heterocycles. The number of hydrogen-bond donors (Lipinski definition) is 0. The number of aryl methyl sites for hydroxylation is 1. The molecule has 0 unspecified atom stereocenters. The lowest BCUT2D eigenvalue weighted by Gasteiger charge is -2.34. The van der Waals surface area contributed by atoms with E-state index in [1.165, 1.54) is 6.26 Å². The number of aromatic nitrogens is 1. The summed E-state index contributed by atoms with van der Waals surface area (Å²) in [6.45, 7) is 5.38. The molecule has 3 rings (SSSR count). The molecule has 7 nitrogen and oxygen atoms in total. The van der Waals surface area contributed by atoms with Crippen molar-refractivity contribution >= 4 is 27.1 Å².